The van der Waals surface area contributed by atoms with Gasteiger partial charge in [-0.1, -0.05) is 40.2 Å². The minimum Gasteiger partial charge on any atom is -0.457 e. The van der Waals surface area contributed by atoms with E-state index >= 15 is 0 Å². The third-order valence-electron chi connectivity index (χ3n) is 4.68. The summed E-state index contributed by atoms with van der Waals surface area (Å²) in [5.41, 5.74) is 3.21. The number of halogens is 2. The number of esters is 1. The Balaban J connectivity index is 1.53. The largest absolute Gasteiger partial charge is 0.457 e. The van der Waals surface area contributed by atoms with Gasteiger partial charge >= 0.3 is 5.97 Å². The lowest BCUT2D eigenvalue weighted by atomic mass is 10.2. The molecule has 0 aliphatic carbocycles. The molecule has 2 amide bonds. The Morgan fingerprint density at radius 1 is 1.00 bits per heavy atom. The van der Waals surface area contributed by atoms with Crippen LogP contribution in [-0.4, -0.2) is 24.0 Å². The van der Waals surface area contributed by atoms with Gasteiger partial charge in [-0.15, -0.1) is 11.3 Å². The number of nitrogens with one attached hydrogen (secondary N) is 2. The molecule has 4 aromatic rings. The van der Waals surface area contributed by atoms with Gasteiger partial charge in [-0.3, -0.25) is 9.59 Å². The summed E-state index contributed by atoms with van der Waals surface area (Å²) in [6, 6.07) is 18.6. The fourth-order valence-electron chi connectivity index (χ4n) is 3.00. The van der Waals surface area contributed by atoms with Crippen LogP contribution in [0.5, 0.6) is 5.75 Å². The zero-order valence-electron chi connectivity index (χ0n) is 18.8. The molecule has 2 N–H and O–H groups in total. The van der Waals surface area contributed by atoms with Crippen molar-refractivity contribution in [2.75, 3.05) is 0 Å². The molecule has 0 fully saturated rings. The number of carbonyl (C=O) groups is 3. The van der Waals surface area contributed by atoms with Crippen LogP contribution in [0.4, 0.5) is 0 Å². The van der Waals surface area contributed by atoms with E-state index in [0.29, 0.717) is 20.1 Å². The topological polar surface area (TPSA) is 110 Å². The van der Waals surface area contributed by atoms with Crippen LogP contribution in [0.15, 0.2) is 103 Å². The zero-order chi connectivity index (χ0) is 26.2. The van der Waals surface area contributed by atoms with Gasteiger partial charge in [0.15, 0.2) is 5.75 Å². The van der Waals surface area contributed by atoms with Crippen molar-refractivity contribution >= 4 is 73.3 Å². The van der Waals surface area contributed by atoms with Crippen LogP contribution in [0.1, 0.15) is 31.4 Å². The molecular weight excluding hydrogens is 626 g/mol. The van der Waals surface area contributed by atoms with E-state index in [2.05, 4.69) is 47.7 Å². The Morgan fingerprint density at radius 3 is 2.51 bits per heavy atom. The second-order valence-corrected chi connectivity index (χ2v) is 10.0. The predicted octanol–water partition coefficient (Wildman–Crippen LogP) is 6.01. The summed E-state index contributed by atoms with van der Waals surface area (Å²) in [7, 11) is 0. The Labute approximate surface area is 232 Å². The molecule has 0 aliphatic heterocycles. The van der Waals surface area contributed by atoms with Gasteiger partial charge in [0.2, 0.25) is 5.76 Å². The molecule has 0 saturated heterocycles. The lowest BCUT2D eigenvalue weighted by molar-refractivity contribution is -0.117. The number of nitrogens with zero attached hydrogens (tertiary/aromatic N) is 1. The summed E-state index contributed by atoms with van der Waals surface area (Å²) in [6.45, 7) is 0. The predicted molar refractivity (Wildman–Crippen MR) is 147 cm³/mol. The molecule has 0 bridgehead atoms. The van der Waals surface area contributed by atoms with Gasteiger partial charge in [-0.25, -0.2) is 10.2 Å². The molecule has 0 spiro atoms. The number of hydrogen-bond donors (Lipinski definition) is 2. The highest BCUT2D eigenvalue weighted by molar-refractivity contribution is 9.11. The van der Waals surface area contributed by atoms with Crippen molar-refractivity contribution in [2.24, 2.45) is 5.10 Å². The average Bonchev–Trinajstić information content (AvgIpc) is 3.61. The van der Waals surface area contributed by atoms with E-state index in [-0.39, 0.29) is 17.2 Å². The SMILES string of the molecule is O=C(NN=Cc1cc(Br)cc(Br)c1OC(=O)c1ccco1)C(=Cc1cccs1)NC(=O)c1ccccc1. The van der Waals surface area contributed by atoms with Gasteiger partial charge in [0.25, 0.3) is 11.8 Å². The minimum atomic E-state index is -0.698. The maximum atomic E-state index is 13.0. The standard InChI is InChI=1S/C26H17Br2N3O5S/c27-18-12-17(23(20(28)13-18)36-26(34)22-9-4-10-35-22)15-29-31-25(33)21(14-19-8-5-11-37-19)30-24(32)16-6-2-1-3-7-16/h1-15H,(H,30,32)(H,31,33). The van der Waals surface area contributed by atoms with Crippen LogP contribution in [0.25, 0.3) is 6.08 Å². The number of amides is 2. The number of furan rings is 1. The lowest BCUT2D eigenvalue weighted by Crippen LogP contribution is -2.32. The molecule has 11 heteroatoms. The molecule has 186 valence electrons. The number of hydrazone groups is 1. The number of hydrogen-bond acceptors (Lipinski definition) is 7. The van der Waals surface area contributed by atoms with E-state index in [4.69, 9.17) is 9.15 Å². The van der Waals surface area contributed by atoms with E-state index in [1.807, 2.05) is 17.5 Å². The highest BCUT2D eigenvalue weighted by Gasteiger charge is 2.18. The monoisotopic (exact) mass is 641 g/mol. The highest BCUT2D eigenvalue weighted by Crippen LogP contribution is 2.32. The lowest BCUT2D eigenvalue weighted by Gasteiger charge is -2.10. The quantitative estimate of drug-likeness (QED) is 0.0805. The molecule has 0 radical (unpaired) electrons. The van der Waals surface area contributed by atoms with Crippen molar-refractivity contribution in [1.82, 2.24) is 10.7 Å². The third kappa shape index (κ3) is 7.13. The van der Waals surface area contributed by atoms with Crippen molar-refractivity contribution < 1.29 is 23.5 Å². The van der Waals surface area contributed by atoms with Crippen molar-refractivity contribution in [2.45, 2.75) is 0 Å². The molecule has 37 heavy (non-hydrogen) atoms. The molecule has 0 saturated carbocycles. The number of carbonyl (C=O) groups excluding carboxylic acids is 3. The maximum Gasteiger partial charge on any atom is 0.379 e. The Hall–Kier alpha value is -3.80. The fourth-order valence-corrected chi connectivity index (χ4v) is 5.00. The minimum absolute atomic E-state index is 0.00773. The second kappa shape index (κ2) is 12.4. The summed E-state index contributed by atoms with van der Waals surface area (Å²) in [6.07, 6.45) is 4.24. The van der Waals surface area contributed by atoms with Gasteiger partial charge in [0.05, 0.1) is 17.0 Å². The van der Waals surface area contributed by atoms with Crippen LogP contribution in [0.3, 0.4) is 0 Å². The van der Waals surface area contributed by atoms with Crippen LogP contribution in [0, 0.1) is 0 Å². The molecule has 0 aliphatic rings. The summed E-state index contributed by atoms with van der Waals surface area (Å²) in [5.74, 6) is -1.57. The van der Waals surface area contributed by atoms with E-state index < -0.39 is 17.8 Å². The zero-order valence-corrected chi connectivity index (χ0v) is 22.8. The average molecular weight is 643 g/mol. The molecule has 2 aromatic heterocycles. The molecule has 8 nitrogen and oxygen atoms in total. The third-order valence-corrected chi connectivity index (χ3v) is 6.55. The summed E-state index contributed by atoms with van der Waals surface area (Å²) in [4.78, 5) is 38.8. The first-order valence-corrected chi connectivity index (χ1v) is 13.1. The van der Waals surface area contributed by atoms with Crippen molar-refractivity contribution in [3.05, 3.63) is 115 Å². The molecule has 2 aromatic carbocycles. The van der Waals surface area contributed by atoms with Gasteiger partial charge in [-0.05, 0) is 69.9 Å². The molecule has 0 atom stereocenters. The first-order chi connectivity index (χ1) is 17.9. The smallest absolute Gasteiger partial charge is 0.379 e. The fraction of sp³-hybridized carbons (Fsp3) is 0. The van der Waals surface area contributed by atoms with E-state index in [0.717, 1.165) is 4.88 Å². The van der Waals surface area contributed by atoms with Gasteiger partial charge in [-0.2, -0.15) is 5.10 Å². The van der Waals surface area contributed by atoms with E-state index in [1.165, 1.54) is 29.9 Å². The molecule has 2 heterocycles. The van der Waals surface area contributed by atoms with Gasteiger partial charge in [0, 0.05) is 20.5 Å². The maximum absolute atomic E-state index is 13.0. The van der Waals surface area contributed by atoms with Gasteiger partial charge < -0.3 is 14.5 Å². The Morgan fingerprint density at radius 2 is 1.81 bits per heavy atom. The molecule has 0 unspecified atom stereocenters. The van der Waals surface area contributed by atoms with E-state index in [9.17, 15) is 14.4 Å². The summed E-state index contributed by atoms with van der Waals surface area (Å²) in [5, 5.41) is 8.51. The van der Waals surface area contributed by atoms with Crippen LogP contribution in [-0.2, 0) is 4.79 Å². The van der Waals surface area contributed by atoms with Crippen LogP contribution >= 0.6 is 43.2 Å². The van der Waals surface area contributed by atoms with Gasteiger partial charge in [0.1, 0.15) is 5.70 Å². The number of ether oxygens (including phenoxy) is 1. The highest BCUT2D eigenvalue weighted by atomic mass is 79.9. The van der Waals surface area contributed by atoms with Crippen molar-refractivity contribution in [3.8, 4) is 5.75 Å². The summed E-state index contributed by atoms with van der Waals surface area (Å²) >= 11 is 8.17. The normalized spacial score (nSPS) is 11.4. The Kier molecular flexibility index (Phi) is 8.83. The van der Waals surface area contributed by atoms with Crippen molar-refractivity contribution in [1.29, 1.82) is 0 Å². The summed E-state index contributed by atoms with van der Waals surface area (Å²) < 4.78 is 11.7. The van der Waals surface area contributed by atoms with E-state index in [1.54, 1.807) is 54.6 Å². The molecule has 4 rings (SSSR count). The van der Waals surface area contributed by atoms with Crippen LogP contribution in [0.2, 0.25) is 0 Å². The Bertz CT molecular complexity index is 1470. The molecular formula is C26H17Br2N3O5S. The van der Waals surface area contributed by atoms with Crippen LogP contribution < -0.4 is 15.5 Å². The number of thiophene rings is 1. The van der Waals surface area contributed by atoms with Crippen molar-refractivity contribution in [3.63, 3.8) is 0 Å². The number of benzene rings is 2. The second-order valence-electron chi connectivity index (χ2n) is 7.27. The first-order valence-electron chi connectivity index (χ1n) is 10.6. The number of rotatable bonds is 8. The first kappa shape index (κ1) is 26.3.